The van der Waals surface area contributed by atoms with Crippen molar-refractivity contribution in [3.63, 3.8) is 0 Å². The van der Waals surface area contributed by atoms with Crippen molar-refractivity contribution >= 4 is 34.5 Å². The maximum Gasteiger partial charge on any atom is 0.409 e. The van der Waals surface area contributed by atoms with Gasteiger partial charge in [0.25, 0.3) is 0 Å². The van der Waals surface area contributed by atoms with Crippen LogP contribution < -0.4 is 15.4 Å². The van der Waals surface area contributed by atoms with Gasteiger partial charge in [-0.1, -0.05) is 18.2 Å². The molecule has 1 aliphatic heterocycles. The molecule has 3 rings (SSSR count). The minimum Gasteiger partial charge on any atom is -0.496 e. The Hall–Kier alpha value is -3.34. The highest BCUT2D eigenvalue weighted by Gasteiger charge is 2.25. The molecule has 1 aliphatic rings. The molecule has 0 bridgehead atoms. The number of carbonyl (C=O) groups excluding carboxylic acids is 3. The zero-order chi connectivity index (χ0) is 22.9. The number of carbonyl (C=O) groups is 3. The summed E-state index contributed by atoms with van der Waals surface area (Å²) in [5.74, 6) is 0.545. The lowest BCUT2D eigenvalue weighted by molar-refractivity contribution is -0.120. The number of thiazole rings is 1. The molecule has 2 heterocycles. The van der Waals surface area contributed by atoms with Gasteiger partial charge in [-0.3, -0.25) is 10.1 Å². The van der Waals surface area contributed by atoms with Crippen LogP contribution in [0.3, 0.4) is 0 Å². The van der Waals surface area contributed by atoms with Gasteiger partial charge < -0.3 is 24.6 Å². The van der Waals surface area contributed by atoms with Gasteiger partial charge in [0.05, 0.1) is 25.8 Å². The fourth-order valence-corrected chi connectivity index (χ4v) is 3.89. The van der Waals surface area contributed by atoms with Gasteiger partial charge in [-0.2, -0.15) is 0 Å². The second-order valence-corrected chi connectivity index (χ2v) is 7.87. The number of hydrogen-bond acceptors (Lipinski definition) is 7. The van der Waals surface area contributed by atoms with Crippen LogP contribution in [0.1, 0.15) is 18.2 Å². The van der Waals surface area contributed by atoms with Crippen molar-refractivity contribution < 1.29 is 23.9 Å². The number of piperazine rings is 1. The summed E-state index contributed by atoms with van der Waals surface area (Å²) in [6.07, 6.45) is -0.249. The van der Waals surface area contributed by atoms with Gasteiger partial charge in [0.15, 0.2) is 5.13 Å². The van der Waals surface area contributed by atoms with E-state index in [1.165, 1.54) is 11.3 Å². The largest absolute Gasteiger partial charge is 0.496 e. The van der Waals surface area contributed by atoms with Crippen LogP contribution in [0.5, 0.6) is 5.75 Å². The van der Waals surface area contributed by atoms with Gasteiger partial charge in [-0.25, -0.2) is 14.6 Å². The summed E-state index contributed by atoms with van der Waals surface area (Å²) >= 11 is 1.26. The number of nitrogens with one attached hydrogen (secondary N) is 2. The van der Waals surface area contributed by atoms with Gasteiger partial charge in [-0.05, 0) is 13.0 Å². The van der Waals surface area contributed by atoms with E-state index in [4.69, 9.17) is 9.47 Å². The molecule has 2 aromatic rings. The molecule has 10 nitrogen and oxygen atoms in total. The van der Waals surface area contributed by atoms with Crippen LogP contribution in [0, 0.1) is 0 Å². The topological polar surface area (TPSA) is 113 Å². The SMILES string of the molecule is CCOC(=O)N1CCN(C(=O)Nc2nc(CC(=O)NCc3ccccc3OC)cs2)CC1. The number of rotatable bonds is 7. The first-order chi connectivity index (χ1) is 15.5. The summed E-state index contributed by atoms with van der Waals surface area (Å²) in [5.41, 5.74) is 1.47. The molecule has 172 valence electrons. The molecular formula is C21H27N5O5S. The Kier molecular flexibility index (Phi) is 8.26. The monoisotopic (exact) mass is 461 g/mol. The molecule has 2 N–H and O–H groups in total. The Balaban J connectivity index is 1.44. The Labute approximate surface area is 190 Å². The lowest BCUT2D eigenvalue weighted by Gasteiger charge is -2.33. The molecule has 32 heavy (non-hydrogen) atoms. The predicted octanol–water partition coefficient (Wildman–Crippen LogP) is 2.32. The molecule has 1 aromatic heterocycles. The van der Waals surface area contributed by atoms with E-state index in [9.17, 15) is 14.4 Å². The lowest BCUT2D eigenvalue weighted by Crippen LogP contribution is -2.51. The maximum atomic E-state index is 12.5. The molecule has 4 amide bonds. The summed E-state index contributed by atoms with van der Waals surface area (Å²) in [6, 6.07) is 7.21. The number of amides is 4. The van der Waals surface area contributed by atoms with Gasteiger partial charge in [0.2, 0.25) is 5.91 Å². The van der Waals surface area contributed by atoms with Crippen LogP contribution in [0.4, 0.5) is 14.7 Å². The Morgan fingerprint density at radius 3 is 2.56 bits per heavy atom. The van der Waals surface area contributed by atoms with E-state index in [1.807, 2.05) is 24.3 Å². The molecule has 1 fully saturated rings. The van der Waals surface area contributed by atoms with Crippen molar-refractivity contribution in [2.45, 2.75) is 19.9 Å². The minimum absolute atomic E-state index is 0.111. The average Bonchev–Trinajstić information content (AvgIpc) is 3.24. The number of anilines is 1. The van der Waals surface area contributed by atoms with E-state index in [-0.39, 0.29) is 24.5 Å². The first kappa shape index (κ1) is 23.3. The Morgan fingerprint density at radius 2 is 1.84 bits per heavy atom. The third-order valence-corrected chi connectivity index (χ3v) is 5.68. The van der Waals surface area contributed by atoms with Crippen LogP contribution in [0.15, 0.2) is 29.6 Å². The number of para-hydroxylation sites is 1. The van der Waals surface area contributed by atoms with Crippen molar-refractivity contribution in [1.29, 1.82) is 0 Å². The van der Waals surface area contributed by atoms with Crippen molar-refractivity contribution in [1.82, 2.24) is 20.1 Å². The van der Waals surface area contributed by atoms with Gasteiger partial charge in [-0.15, -0.1) is 11.3 Å². The number of ether oxygens (including phenoxy) is 2. The number of methoxy groups -OCH3 is 1. The van der Waals surface area contributed by atoms with E-state index >= 15 is 0 Å². The molecule has 11 heteroatoms. The number of nitrogens with zero attached hydrogens (tertiary/aromatic N) is 3. The second kappa shape index (κ2) is 11.3. The van der Waals surface area contributed by atoms with Crippen LogP contribution in [-0.4, -0.2) is 72.7 Å². The number of benzene rings is 1. The first-order valence-electron chi connectivity index (χ1n) is 10.3. The van der Waals surface area contributed by atoms with E-state index in [0.29, 0.717) is 50.2 Å². The second-order valence-electron chi connectivity index (χ2n) is 7.01. The van der Waals surface area contributed by atoms with E-state index in [2.05, 4.69) is 15.6 Å². The molecule has 0 aliphatic carbocycles. The number of urea groups is 1. The molecule has 0 unspecified atom stereocenters. The molecular weight excluding hydrogens is 434 g/mol. The summed E-state index contributed by atoms with van der Waals surface area (Å²) in [7, 11) is 1.59. The zero-order valence-corrected chi connectivity index (χ0v) is 18.9. The summed E-state index contributed by atoms with van der Waals surface area (Å²) in [5, 5.41) is 7.79. The van der Waals surface area contributed by atoms with Gasteiger partial charge in [0, 0.05) is 43.7 Å². The third-order valence-electron chi connectivity index (χ3n) is 4.87. The third kappa shape index (κ3) is 6.33. The number of aromatic nitrogens is 1. The van der Waals surface area contributed by atoms with Crippen LogP contribution in [0.25, 0.3) is 0 Å². The number of hydrogen-bond donors (Lipinski definition) is 2. The highest BCUT2D eigenvalue weighted by Crippen LogP contribution is 2.18. The average molecular weight is 462 g/mol. The molecule has 0 radical (unpaired) electrons. The molecule has 1 aromatic carbocycles. The van der Waals surface area contributed by atoms with Crippen molar-refractivity contribution in [3.8, 4) is 5.75 Å². The highest BCUT2D eigenvalue weighted by atomic mass is 32.1. The normalized spacial score (nSPS) is 13.4. The van der Waals surface area contributed by atoms with Crippen molar-refractivity contribution in [2.75, 3.05) is 45.2 Å². The van der Waals surface area contributed by atoms with Crippen molar-refractivity contribution in [2.24, 2.45) is 0 Å². The van der Waals surface area contributed by atoms with E-state index in [1.54, 1.807) is 29.2 Å². The highest BCUT2D eigenvalue weighted by molar-refractivity contribution is 7.13. The smallest absolute Gasteiger partial charge is 0.409 e. The Morgan fingerprint density at radius 1 is 1.12 bits per heavy atom. The summed E-state index contributed by atoms with van der Waals surface area (Å²) < 4.78 is 10.3. The van der Waals surface area contributed by atoms with Crippen LogP contribution >= 0.6 is 11.3 Å². The molecule has 0 saturated carbocycles. The lowest BCUT2D eigenvalue weighted by atomic mass is 10.2. The fourth-order valence-electron chi connectivity index (χ4n) is 3.19. The van der Waals surface area contributed by atoms with Crippen LogP contribution in [0.2, 0.25) is 0 Å². The van der Waals surface area contributed by atoms with E-state index in [0.717, 1.165) is 11.3 Å². The zero-order valence-electron chi connectivity index (χ0n) is 18.1. The minimum atomic E-state index is -0.360. The molecule has 0 spiro atoms. The van der Waals surface area contributed by atoms with Gasteiger partial charge >= 0.3 is 12.1 Å². The standard InChI is InChI=1S/C21H27N5O5S/c1-3-31-21(29)26-10-8-25(9-11-26)20(28)24-19-23-16(14-32-19)12-18(27)22-13-15-6-4-5-7-17(15)30-2/h4-7,14H,3,8-13H2,1-2H3,(H,22,27)(H,23,24,28). The quantitative estimate of drug-likeness (QED) is 0.654. The predicted molar refractivity (Wildman–Crippen MR) is 120 cm³/mol. The van der Waals surface area contributed by atoms with E-state index < -0.39 is 0 Å². The van der Waals surface area contributed by atoms with Crippen molar-refractivity contribution in [3.05, 3.63) is 40.9 Å². The first-order valence-corrected chi connectivity index (χ1v) is 11.2. The summed E-state index contributed by atoms with van der Waals surface area (Å²) in [6.45, 7) is 4.10. The summed E-state index contributed by atoms with van der Waals surface area (Å²) in [4.78, 5) is 44.0. The molecule has 0 atom stereocenters. The maximum absolute atomic E-state index is 12.5. The van der Waals surface area contributed by atoms with Crippen LogP contribution in [-0.2, 0) is 22.5 Å². The van der Waals surface area contributed by atoms with Gasteiger partial charge in [0.1, 0.15) is 5.75 Å². The molecule has 1 saturated heterocycles. The fraction of sp³-hybridized carbons (Fsp3) is 0.429. The Bertz CT molecular complexity index is 942.